The van der Waals surface area contributed by atoms with Gasteiger partial charge in [0.05, 0.1) is 18.9 Å². The van der Waals surface area contributed by atoms with E-state index in [0.29, 0.717) is 19.0 Å². The van der Waals surface area contributed by atoms with Crippen molar-refractivity contribution in [2.75, 3.05) is 20.0 Å². The van der Waals surface area contributed by atoms with Crippen molar-refractivity contribution in [2.24, 2.45) is 0 Å². The van der Waals surface area contributed by atoms with Crippen molar-refractivity contribution in [1.29, 1.82) is 0 Å². The predicted octanol–water partition coefficient (Wildman–Crippen LogP) is 2.85. The fraction of sp³-hybridized carbons (Fsp3) is 0.316. The molecule has 1 aromatic heterocycles. The van der Waals surface area contributed by atoms with Gasteiger partial charge in [-0.1, -0.05) is 24.8 Å². The van der Waals surface area contributed by atoms with Crippen molar-refractivity contribution in [3.63, 3.8) is 0 Å². The summed E-state index contributed by atoms with van der Waals surface area (Å²) in [6, 6.07) is 8.99. The van der Waals surface area contributed by atoms with Crippen LogP contribution in [0.4, 0.5) is 0 Å². The lowest BCUT2D eigenvalue weighted by atomic mass is 10.1. The quantitative estimate of drug-likeness (QED) is 0.766. The highest BCUT2D eigenvalue weighted by Crippen LogP contribution is 2.30. The first-order chi connectivity index (χ1) is 11.6. The van der Waals surface area contributed by atoms with Gasteiger partial charge in [0.25, 0.3) is 0 Å². The lowest BCUT2D eigenvalue weighted by Gasteiger charge is -2.26. The Kier molecular flexibility index (Phi) is 4.83. The van der Waals surface area contributed by atoms with Crippen LogP contribution in [0.2, 0.25) is 0 Å². The van der Waals surface area contributed by atoms with E-state index in [1.807, 2.05) is 36.6 Å². The zero-order valence-electron chi connectivity index (χ0n) is 14.0. The summed E-state index contributed by atoms with van der Waals surface area (Å²) < 4.78 is 18.5. The van der Waals surface area contributed by atoms with Crippen LogP contribution in [0.3, 0.4) is 0 Å². The largest absolute Gasteiger partial charge is 0.465 e. The van der Waals surface area contributed by atoms with Crippen LogP contribution in [0.15, 0.2) is 41.7 Å². The van der Waals surface area contributed by atoms with Gasteiger partial charge in [-0.3, -0.25) is 4.79 Å². The first-order valence-corrected chi connectivity index (χ1v) is 7.88. The molecule has 1 fully saturated rings. The molecule has 0 unspecified atom stereocenters. The maximum absolute atomic E-state index is 11.7. The van der Waals surface area contributed by atoms with Gasteiger partial charge in [-0.15, -0.1) is 0 Å². The van der Waals surface area contributed by atoms with Gasteiger partial charge >= 0.3 is 0 Å². The molecule has 0 amide bonds. The zero-order valence-corrected chi connectivity index (χ0v) is 14.0. The summed E-state index contributed by atoms with van der Waals surface area (Å²) in [7, 11) is 0. The van der Waals surface area contributed by atoms with Crippen molar-refractivity contribution in [3.05, 3.63) is 64.1 Å². The van der Waals surface area contributed by atoms with Crippen LogP contribution in [0.25, 0.3) is 11.8 Å². The molecular formula is C19H21NO4. The fourth-order valence-corrected chi connectivity index (χ4v) is 2.78. The second kappa shape index (κ2) is 7.03. The molecule has 1 aliphatic rings. The molecule has 24 heavy (non-hydrogen) atoms. The van der Waals surface area contributed by atoms with Crippen LogP contribution >= 0.6 is 0 Å². The van der Waals surface area contributed by atoms with Crippen molar-refractivity contribution in [3.8, 4) is 11.4 Å². The van der Waals surface area contributed by atoms with Gasteiger partial charge in [-0.05, 0) is 19.9 Å². The number of rotatable bonds is 6. The maximum Gasteiger partial charge on any atom is 0.189 e. The van der Waals surface area contributed by atoms with E-state index in [1.54, 1.807) is 18.2 Å². The van der Waals surface area contributed by atoms with Crippen LogP contribution in [0.1, 0.15) is 17.0 Å². The Balaban J connectivity index is 1.98. The van der Waals surface area contributed by atoms with E-state index in [0.717, 1.165) is 22.6 Å². The number of hydrogen-bond donors (Lipinski definition) is 0. The highest BCUT2D eigenvalue weighted by molar-refractivity contribution is 5.66. The predicted molar refractivity (Wildman–Crippen MR) is 92.8 cm³/mol. The lowest BCUT2D eigenvalue weighted by Crippen LogP contribution is -2.37. The van der Waals surface area contributed by atoms with Gasteiger partial charge in [0, 0.05) is 29.1 Å². The average Bonchev–Trinajstić information content (AvgIpc) is 2.49. The summed E-state index contributed by atoms with van der Waals surface area (Å²) in [6.45, 7) is 9.07. The first-order valence-electron chi connectivity index (χ1n) is 7.88. The smallest absolute Gasteiger partial charge is 0.189 e. The van der Waals surface area contributed by atoms with Crippen LogP contribution < -0.4 is 10.2 Å². The number of para-hydroxylation sites is 1. The summed E-state index contributed by atoms with van der Waals surface area (Å²) in [4.78, 5) is 11.7. The molecule has 5 heteroatoms. The zero-order chi connectivity index (χ0) is 17.1. The lowest BCUT2D eigenvalue weighted by molar-refractivity contribution is -0.158. The standard InChI is InChI=1S/C19H21NO4/c1-4-15-6-5-7-18(24-12-23-17-10-22-11-17)19(15)20-13(2)8-16(21)9-14(20)3/h4-9,17H,1,10-12H2,2-3H3. The Labute approximate surface area is 141 Å². The van der Waals surface area contributed by atoms with E-state index in [1.165, 1.54) is 0 Å². The number of hydrogen-bond acceptors (Lipinski definition) is 4. The number of pyridine rings is 1. The summed E-state index contributed by atoms with van der Waals surface area (Å²) in [5, 5.41) is 0. The minimum absolute atomic E-state index is 0.00637. The Bertz CT molecular complexity index is 779. The van der Waals surface area contributed by atoms with E-state index < -0.39 is 0 Å². The third-order valence-electron chi connectivity index (χ3n) is 4.01. The van der Waals surface area contributed by atoms with Crippen molar-refractivity contribution >= 4 is 6.08 Å². The van der Waals surface area contributed by atoms with Gasteiger partial charge in [0.1, 0.15) is 11.9 Å². The van der Waals surface area contributed by atoms with E-state index >= 15 is 0 Å². The van der Waals surface area contributed by atoms with Crippen LogP contribution in [0, 0.1) is 13.8 Å². The van der Waals surface area contributed by atoms with Gasteiger partial charge in [-0.2, -0.15) is 0 Å². The second-order valence-electron chi connectivity index (χ2n) is 5.80. The molecule has 2 aromatic rings. The van der Waals surface area contributed by atoms with E-state index in [9.17, 15) is 4.79 Å². The van der Waals surface area contributed by atoms with Crippen molar-refractivity contribution < 1.29 is 14.2 Å². The third-order valence-corrected chi connectivity index (χ3v) is 4.01. The van der Waals surface area contributed by atoms with Gasteiger partial charge in [0.15, 0.2) is 12.2 Å². The van der Waals surface area contributed by atoms with Gasteiger partial charge in [0.2, 0.25) is 0 Å². The molecule has 0 aliphatic carbocycles. The summed E-state index contributed by atoms with van der Waals surface area (Å²) in [6.07, 6.45) is 1.88. The molecular weight excluding hydrogens is 306 g/mol. The number of aryl methyl sites for hydroxylation is 2. The summed E-state index contributed by atoms with van der Waals surface area (Å²) >= 11 is 0. The summed E-state index contributed by atoms with van der Waals surface area (Å²) in [5.74, 6) is 0.683. The molecule has 2 heterocycles. The van der Waals surface area contributed by atoms with Gasteiger partial charge in [-0.25, -0.2) is 0 Å². The third kappa shape index (κ3) is 3.27. The average molecular weight is 327 g/mol. The number of benzene rings is 1. The SMILES string of the molecule is C=Cc1cccc(OCOC2COC2)c1-n1c(C)cc(=O)cc1C. The Morgan fingerprint density at radius 1 is 1.29 bits per heavy atom. The normalized spacial score (nSPS) is 14.2. The number of aromatic nitrogens is 1. The molecule has 0 N–H and O–H groups in total. The molecule has 0 radical (unpaired) electrons. The number of ether oxygens (including phenoxy) is 3. The minimum atomic E-state index is -0.00637. The Morgan fingerprint density at radius 2 is 2.00 bits per heavy atom. The molecule has 0 atom stereocenters. The molecule has 1 saturated heterocycles. The van der Waals surface area contributed by atoms with Crippen LogP contribution in [-0.4, -0.2) is 30.7 Å². The maximum atomic E-state index is 11.7. The van der Waals surface area contributed by atoms with Crippen LogP contribution in [-0.2, 0) is 9.47 Å². The second-order valence-corrected chi connectivity index (χ2v) is 5.80. The molecule has 0 bridgehead atoms. The first kappa shape index (κ1) is 16.5. The molecule has 0 spiro atoms. The fourth-order valence-electron chi connectivity index (χ4n) is 2.78. The topological polar surface area (TPSA) is 49.7 Å². The molecule has 0 saturated carbocycles. The van der Waals surface area contributed by atoms with E-state index in [4.69, 9.17) is 14.2 Å². The molecule has 1 aliphatic heterocycles. The van der Waals surface area contributed by atoms with Crippen molar-refractivity contribution in [1.82, 2.24) is 4.57 Å². The highest BCUT2D eigenvalue weighted by atomic mass is 16.7. The molecule has 3 rings (SSSR count). The molecule has 5 nitrogen and oxygen atoms in total. The van der Waals surface area contributed by atoms with Crippen molar-refractivity contribution in [2.45, 2.75) is 20.0 Å². The Hall–Kier alpha value is -2.37. The summed E-state index contributed by atoms with van der Waals surface area (Å²) in [5.41, 5.74) is 3.46. The van der Waals surface area contributed by atoms with Gasteiger partial charge < -0.3 is 18.8 Å². The monoisotopic (exact) mass is 327 g/mol. The van der Waals surface area contributed by atoms with E-state index in [-0.39, 0.29) is 18.3 Å². The molecule has 1 aromatic carbocycles. The molecule has 126 valence electrons. The minimum Gasteiger partial charge on any atom is -0.465 e. The van der Waals surface area contributed by atoms with E-state index in [2.05, 4.69) is 6.58 Å². The Morgan fingerprint density at radius 3 is 2.58 bits per heavy atom. The highest BCUT2D eigenvalue weighted by Gasteiger charge is 2.19. The number of nitrogens with zero attached hydrogens (tertiary/aromatic N) is 1. The van der Waals surface area contributed by atoms with Crippen LogP contribution in [0.5, 0.6) is 5.75 Å².